The van der Waals surface area contributed by atoms with Gasteiger partial charge in [-0.05, 0) is 42.3 Å². The number of ether oxygens (including phenoxy) is 3. The molecule has 3 rings (SSSR count). The maximum absolute atomic E-state index is 11.8. The molecule has 0 bridgehead atoms. The average molecular weight is 378 g/mol. The van der Waals surface area contributed by atoms with Gasteiger partial charge >= 0.3 is 0 Å². The Labute approximate surface area is 142 Å². The predicted octanol–water partition coefficient (Wildman–Crippen LogP) is 2.92. The summed E-state index contributed by atoms with van der Waals surface area (Å²) < 4.78 is 16.9. The number of hydrogen-bond donors (Lipinski definition) is 1. The van der Waals surface area contributed by atoms with Crippen molar-refractivity contribution >= 4 is 21.8 Å². The molecule has 2 aromatic rings. The van der Waals surface area contributed by atoms with Gasteiger partial charge in [-0.2, -0.15) is 0 Å². The van der Waals surface area contributed by atoms with Crippen LogP contribution >= 0.6 is 15.9 Å². The molecule has 5 nitrogen and oxygen atoms in total. The normalized spacial score (nSPS) is 12.0. The minimum absolute atomic E-state index is 0.00239. The SMILES string of the molecule is O=C(COc1cccc(Br)c1)NCCc1ccc2c(c1)OCO2. The molecule has 1 N–H and O–H groups in total. The van der Waals surface area contributed by atoms with Crippen LogP contribution < -0.4 is 19.5 Å². The first-order valence-corrected chi connectivity index (χ1v) is 8.03. The molecule has 6 heteroatoms. The molecule has 2 aromatic carbocycles. The number of benzene rings is 2. The Hall–Kier alpha value is -2.21. The Balaban J connectivity index is 1.41. The van der Waals surface area contributed by atoms with E-state index in [1.807, 2.05) is 42.5 Å². The molecule has 0 spiro atoms. The van der Waals surface area contributed by atoms with Crippen molar-refractivity contribution in [2.75, 3.05) is 19.9 Å². The Morgan fingerprint density at radius 3 is 2.91 bits per heavy atom. The van der Waals surface area contributed by atoms with Crippen LogP contribution in [0.4, 0.5) is 0 Å². The summed E-state index contributed by atoms with van der Waals surface area (Å²) in [5.41, 5.74) is 1.09. The molecular formula is C17H16BrNO4. The number of carbonyl (C=O) groups excluding carboxylic acids is 1. The van der Waals surface area contributed by atoms with Gasteiger partial charge in [0.15, 0.2) is 18.1 Å². The van der Waals surface area contributed by atoms with E-state index < -0.39 is 0 Å². The van der Waals surface area contributed by atoms with E-state index >= 15 is 0 Å². The first kappa shape index (κ1) is 15.7. The minimum Gasteiger partial charge on any atom is -0.484 e. The number of amides is 1. The van der Waals surface area contributed by atoms with Crippen molar-refractivity contribution in [1.82, 2.24) is 5.32 Å². The molecule has 0 saturated carbocycles. The zero-order chi connectivity index (χ0) is 16.1. The van der Waals surface area contributed by atoms with E-state index in [2.05, 4.69) is 21.2 Å². The quantitative estimate of drug-likeness (QED) is 0.840. The van der Waals surface area contributed by atoms with E-state index in [9.17, 15) is 4.79 Å². The van der Waals surface area contributed by atoms with Gasteiger partial charge in [-0.3, -0.25) is 4.79 Å². The molecule has 23 heavy (non-hydrogen) atoms. The van der Waals surface area contributed by atoms with Gasteiger partial charge in [0.2, 0.25) is 6.79 Å². The van der Waals surface area contributed by atoms with Crippen LogP contribution in [-0.2, 0) is 11.2 Å². The van der Waals surface area contributed by atoms with Gasteiger partial charge in [0.25, 0.3) is 5.91 Å². The van der Waals surface area contributed by atoms with Gasteiger partial charge in [-0.15, -0.1) is 0 Å². The number of halogens is 1. The van der Waals surface area contributed by atoms with Crippen molar-refractivity contribution in [2.45, 2.75) is 6.42 Å². The number of nitrogens with one attached hydrogen (secondary N) is 1. The first-order chi connectivity index (χ1) is 11.2. The second kappa shape index (κ2) is 7.37. The number of rotatable bonds is 6. The van der Waals surface area contributed by atoms with Crippen molar-refractivity contribution in [2.24, 2.45) is 0 Å². The van der Waals surface area contributed by atoms with Crippen LogP contribution in [0.3, 0.4) is 0 Å². The van der Waals surface area contributed by atoms with Gasteiger partial charge in [-0.1, -0.05) is 28.1 Å². The van der Waals surface area contributed by atoms with Crippen LogP contribution in [0.15, 0.2) is 46.9 Å². The first-order valence-electron chi connectivity index (χ1n) is 7.24. The highest BCUT2D eigenvalue weighted by Gasteiger charge is 2.13. The predicted molar refractivity (Wildman–Crippen MR) is 88.9 cm³/mol. The molecule has 0 radical (unpaired) electrons. The van der Waals surface area contributed by atoms with Crippen LogP contribution in [0.5, 0.6) is 17.2 Å². The van der Waals surface area contributed by atoms with Crippen LogP contribution in [-0.4, -0.2) is 25.9 Å². The highest BCUT2D eigenvalue weighted by molar-refractivity contribution is 9.10. The summed E-state index contributed by atoms with van der Waals surface area (Å²) in [7, 11) is 0. The third kappa shape index (κ3) is 4.39. The van der Waals surface area contributed by atoms with Gasteiger partial charge < -0.3 is 19.5 Å². The molecule has 0 fully saturated rings. The summed E-state index contributed by atoms with van der Waals surface area (Å²) in [6.07, 6.45) is 0.721. The molecule has 0 aromatic heterocycles. The Bertz CT molecular complexity index is 705. The maximum Gasteiger partial charge on any atom is 0.257 e. The van der Waals surface area contributed by atoms with Crippen molar-refractivity contribution in [1.29, 1.82) is 0 Å². The summed E-state index contributed by atoms with van der Waals surface area (Å²) in [4.78, 5) is 11.8. The monoisotopic (exact) mass is 377 g/mol. The molecule has 0 aliphatic carbocycles. The molecule has 1 amide bonds. The van der Waals surface area contributed by atoms with Crippen LogP contribution in [0.2, 0.25) is 0 Å². The topological polar surface area (TPSA) is 56.8 Å². The fraction of sp³-hybridized carbons (Fsp3) is 0.235. The zero-order valence-corrected chi connectivity index (χ0v) is 14.0. The van der Waals surface area contributed by atoms with Gasteiger partial charge in [0, 0.05) is 11.0 Å². The second-order valence-corrected chi connectivity index (χ2v) is 5.95. The van der Waals surface area contributed by atoms with E-state index in [-0.39, 0.29) is 19.3 Å². The maximum atomic E-state index is 11.8. The largest absolute Gasteiger partial charge is 0.484 e. The van der Waals surface area contributed by atoms with Crippen LogP contribution in [0.1, 0.15) is 5.56 Å². The highest BCUT2D eigenvalue weighted by Crippen LogP contribution is 2.32. The van der Waals surface area contributed by atoms with Crippen molar-refractivity contribution in [3.05, 3.63) is 52.5 Å². The molecule has 1 heterocycles. The van der Waals surface area contributed by atoms with Gasteiger partial charge in [-0.25, -0.2) is 0 Å². The van der Waals surface area contributed by atoms with E-state index in [1.165, 1.54) is 0 Å². The standard InChI is InChI=1S/C17H16BrNO4/c18-13-2-1-3-14(9-13)21-10-17(20)19-7-6-12-4-5-15-16(8-12)23-11-22-15/h1-5,8-9H,6-7,10-11H2,(H,19,20). The molecule has 0 saturated heterocycles. The smallest absolute Gasteiger partial charge is 0.257 e. The van der Waals surface area contributed by atoms with Crippen molar-refractivity contribution < 1.29 is 19.0 Å². The lowest BCUT2D eigenvalue weighted by Crippen LogP contribution is -2.30. The van der Waals surface area contributed by atoms with Crippen LogP contribution in [0.25, 0.3) is 0 Å². The fourth-order valence-electron chi connectivity index (χ4n) is 2.20. The molecule has 1 aliphatic heterocycles. The van der Waals surface area contributed by atoms with Crippen LogP contribution in [0, 0.1) is 0 Å². The number of carbonyl (C=O) groups is 1. The third-order valence-corrected chi connectivity index (χ3v) is 3.83. The van der Waals surface area contributed by atoms with E-state index in [0.717, 1.165) is 28.0 Å². The lowest BCUT2D eigenvalue weighted by atomic mass is 10.1. The summed E-state index contributed by atoms with van der Waals surface area (Å²) in [6, 6.07) is 13.2. The minimum atomic E-state index is -0.147. The Morgan fingerprint density at radius 1 is 1.17 bits per heavy atom. The van der Waals surface area contributed by atoms with Crippen molar-refractivity contribution in [3.63, 3.8) is 0 Å². The van der Waals surface area contributed by atoms with Crippen molar-refractivity contribution in [3.8, 4) is 17.2 Å². The van der Waals surface area contributed by atoms with Gasteiger partial charge in [0.05, 0.1) is 0 Å². The fourth-order valence-corrected chi connectivity index (χ4v) is 2.58. The lowest BCUT2D eigenvalue weighted by Gasteiger charge is -2.08. The number of fused-ring (bicyclic) bond motifs is 1. The zero-order valence-electron chi connectivity index (χ0n) is 12.4. The molecule has 0 atom stereocenters. The Morgan fingerprint density at radius 2 is 2.04 bits per heavy atom. The van der Waals surface area contributed by atoms with E-state index in [1.54, 1.807) is 0 Å². The summed E-state index contributed by atoms with van der Waals surface area (Å²) in [5.74, 6) is 2.03. The number of hydrogen-bond acceptors (Lipinski definition) is 4. The third-order valence-electron chi connectivity index (χ3n) is 3.34. The second-order valence-electron chi connectivity index (χ2n) is 5.03. The molecular weight excluding hydrogens is 362 g/mol. The Kier molecular flexibility index (Phi) is 5.02. The average Bonchev–Trinajstić information content (AvgIpc) is 3.01. The highest BCUT2D eigenvalue weighted by atomic mass is 79.9. The van der Waals surface area contributed by atoms with Gasteiger partial charge in [0.1, 0.15) is 5.75 Å². The summed E-state index contributed by atoms with van der Waals surface area (Å²) in [6.45, 7) is 0.806. The van der Waals surface area contributed by atoms with E-state index in [4.69, 9.17) is 14.2 Å². The summed E-state index contributed by atoms with van der Waals surface area (Å²) >= 11 is 3.36. The molecule has 0 unspecified atom stereocenters. The summed E-state index contributed by atoms with van der Waals surface area (Å²) in [5, 5.41) is 2.84. The molecule has 120 valence electrons. The lowest BCUT2D eigenvalue weighted by molar-refractivity contribution is -0.123. The molecule has 1 aliphatic rings. The van der Waals surface area contributed by atoms with E-state index in [0.29, 0.717) is 12.3 Å².